The molecule has 27 heteroatoms. The predicted molar refractivity (Wildman–Crippen MR) is 294 cm³/mol. The van der Waals surface area contributed by atoms with Crippen molar-refractivity contribution in [1.82, 2.24) is 0 Å². The van der Waals surface area contributed by atoms with Gasteiger partial charge in [-0.1, -0.05) is 0 Å². The maximum absolute atomic E-state index is 5.50. The molecule has 0 unspecified atom stereocenters. The minimum atomic E-state index is 0. The lowest BCUT2D eigenvalue weighted by atomic mass is 11.0. The molecule has 0 saturated carbocycles. The van der Waals surface area contributed by atoms with Crippen LogP contribution in [0.5, 0.6) is 0 Å². The highest BCUT2D eigenvalue weighted by Gasteiger charge is 2.04. The summed E-state index contributed by atoms with van der Waals surface area (Å²) in [6.45, 7) is 38.1. The van der Waals surface area contributed by atoms with Crippen LogP contribution in [0.25, 0.3) is 0 Å². The molecule has 0 aromatic heterocycles. The van der Waals surface area contributed by atoms with Crippen LogP contribution in [0.15, 0.2) is 0 Å². The van der Waals surface area contributed by atoms with Crippen molar-refractivity contribution in [2.75, 3.05) is 104 Å². The van der Waals surface area contributed by atoms with Gasteiger partial charge in [-0.05, 0) is 125 Å². The number of nitrogens with two attached hydrogens (primary N) is 9. The second kappa shape index (κ2) is 115. The van der Waals surface area contributed by atoms with Gasteiger partial charge >= 0.3 is 0 Å². The molecule has 0 bridgehead atoms. The van der Waals surface area contributed by atoms with Gasteiger partial charge in [0.05, 0.1) is 99.7 Å². The summed E-state index contributed by atoms with van der Waals surface area (Å²) in [6, 6.07) is 0. The van der Waals surface area contributed by atoms with E-state index in [-0.39, 0.29) is 142 Å². The molecule has 0 radical (unpaired) electrons. The van der Waals surface area contributed by atoms with Gasteiger partial charge in [0, 0.05) is 0 Å². The van der Waals surface area contributed by atoms with E-state index in [0.717, 1.165) is 104 Å². The zero-order chi connectivity index (χ0) is 44.9. The van der Waals surface area contributed by atoms with E-state index in [4.69, 9.17) is 46.3 Å². The molecule has 0 aliphatic carbocycles. The molecule has 9 nitrogen and oxygen atoms in total. The van der Waals surface area contributed by atoms with Crippen LogP contribution in [0, 0.1) is 0 Å². The van der Waals surface area contributed by atoms with Gasteiger partial charge in [-0.15, -0.1) is 0 Å². The van der Waals surface area contributed by atoms with Crippen molar-refractivity contribution in [1.29, 1.82) is 0 Å². The Morgan fingerprint density at radius 2 is 0.175 bits per heavy atom. The fourth-order valence-corrected chi connectivity index (χ4v) is 5.51. The quantitative estimate of drug-likeness (QED) is 0.0468. The third-order valence-corrected chi connectivity index (χ3v) is 20.0. The van der Waals surface area contributed by atoms with Crippen LogP contribution < -0.4 is 88.6 Å². The summed E-state index contributed by atoms with van der Waals surface area (Å²) in [7, 11) is 0. The Hall–Kier alpha value is 2.16. The number of hydrogen-bond acceptors (Lipinski definition) is 9. The Balaban J connectivity index is -0.0000000222. The van der Waals surface area contributed by atoms with E-state index in [1.165, 1.54) is 0 Å². The molecule has 0 amide bonds. The van der Waals surface area contributed by atoms with Gasteiger partial charge in [0.2, 0.25) is 0 Å². The van der Waals surface area contributed by atoms with Crippen LogP contribution in [-0.2, 0) is 99.7 Å². The van der Waals surface area contributed by atoms with Gasteiger partial charge in [-0.3, -0.25) is 0 Å². The summed E-state index contributed by atoms with van der Waals surface area (Å²) in [4.78, 5) is 0. The maximum atomic E-state index is 5.50. The smallest absolute Gasteiger partial charge is 0.124 e. The zero-order valence-electron chi connectivity index (χ0n) is 43.0. The molecule has 0 spiro atoms. The summed E-state index contributed by atoms with van der Waals surface area (Å²) in [5.41, 5.74) is 0. The lowest BCUT2D eigenvalue weighted by molar-refractivity contribution is -0.00100. The monoisotopic (exact) mass is 1130 g/mol. The highest BCUT2D eigenvalue weighted by molar-refractivity contribution is 7.96. The summed E-state index contributed by atoms with van der Waals surface area (Å²) < 4.78 is 0. The van der Waals surface area contributed by atoms with E-state index < -0.39 is 0 Å². The molecular weight excluding hydrogens is 1020 g/mol. The summed E-state index contributed by atoms with van der Waals surface area (Å²) >= 11 is 1.94. The number of halogens is 9. The Kier molecular flexibility index (Phi) is 220. The molecule has 0 atom stereocenters. The number of hydrogen-bond donors (Lipinski definition) is 9. The number of rotatable bonds is 18. The maximum Gasteiger partial charge on any atom is 0.124 e. The lowest BCUT2D eigenvalue weighted by Crippen LogP contribution is -3.00. The van der Waals surface area contributed by atoms with Crippen molar-refractivity contribution in [3.8, 4) is 0 Å². The standard InChI is InChI=1S/9C4H12NS.9FH/c9*1-3-6(5)4-2;;;;;;;;;/h9*3-5H2,1-2H3;9*1H/q9*+1;;;;;;;;;/p-9. The minimum absolute atomic E-state index is 0. The van der Waals surface area contributed by atoms with Crippen LogP contribution >= 0.6 is 0 Å². The van der Waals surface area contributed by atoms with E-state index in [1.807, 2.05) is 0 Å². The van der Waals surface area contributed by atoms with Crippen LogP contribution in [-0.4, -0.2) is 104 Å². The normalized spacial score (nSPS) is 8.57. The Labute approximate surface area is 413 Å². The second-order valence-electron chi connectivity index (χ2n) is 10.0. The lowest BCUT2D eigenvalue weighted by Gasteiger charge is -1.88. The highest BCUT2D eigenvalue weighted by Crippen LogP contribution is 1.84. The van der Waals surface area contributed by atoms with Crippen molar-refractivity contribution >= 4 is 99.7 Å². The van der Waals surface area contributed by atoms with Crippen molar-refractivity contribution in [3.63, 3.8) is 0 Å². The minimum Gasteiger partial charge on any atom is -1.00 e. The first-order chi connectivity index (χ1) is 25.3. The molecule has 414 valence electrons. The van der Waals surface area contributed by atoms with Gasteiger partial charge in [0.15, 0.2) is 0 Å². The van der Waals surface area contributed by atoms with E-state index in [9.17, 15) is 0 Å². The first-order valence-corrected chi connectivity index (χ1v) is 34.7. The van der Waals surface area contributed by atoms with E-state index in [0.29, 0.717) is 0 Å². The zero-order valence-corrected chi connectivity index (χ0v) is 50.3. The van der Waals surface area contributed by atoms with Crippen molar-refractivity contribution in [2.24, 2.45) is 46.3 Å². The third-order valence-electron chi connectivity index (χ3n) is 6.67. The Morgan fingerprint density at radius 1 is 0.143 bits per heavy atom. The van der Waals surface area contributed by atoms with Gasteiger partial charge in [0.1, 0.15) is 104 Å². The summed E-state index contributed by atoms with van der Waals surface area (Å²) in [6.07, 6.45) is 0. The molecule has 0 aromatic rings. The van der Waals surface area contributed by atoms with Crippen LogP contribution in [0.1, 0.15) is 125 Å². The van der Waals surface area contributed by atoms with Gasteiger partial charge in [-0.25, -0.2) is 0 Å². The molecule has 0 saturated heterocycles. The first-order valence-electron chi connectivity index (χ1n) is 20.0. The Morgan fingerprint density at radius 3 is 0.175 bits per heavy atom. The molecule has 0 aliphatic rings. The van der Waals surface area contributed by atoms with Crippen LogP contribution in [0.2, 0.25) is 0 Å². The molecule has 0 fully saturated rings. The van der Waals surface area contributed by atoms with Crippen molar-refractivity contribution in [2.45, 2.75) is 125 Å². The molecule has 18 N–H and O–H groups in total. The summed E-state index contributed by atoms with van der Waals surface area (Å²) in [5.74, 6) is 20.4. The van der Waals surface area contributed by atoms with Gasteiger partial charge in [0.25, 0.3) is 0 Å². The SMILES string of the molecule is CC[S+](N)CC.CC[S+](N)CC.CC[S+](N)CC.CC[S+](N)CC.CC[S+](N)CC.CC[S+](N)CC.CC[S+](N)CC.CC[S+](N)CC.CC[S+](N)CC.[F-].[F-].[F-].[F-].[F-].[F-].[F-].[F-].[F-]. The predicted octanol–water partition coefficient (Wildman–Crippen LogP) is -22.3. The van der Waals surface area contributed by atoms with Crippen molar-refractivity contribution in [3.05, 3.63) is 0 Å². The highest BCUT2D eigenvalue weighted by atomic mass is 32.2. The van der Waals surface area contributed by atoms with Crippen molar-refractivity contribution < 1.29 is 42.3 Å². The topological polar surface area (TPSA) is 234 Å². The van der Waals surface area contributed by atoms with E-state index in [1.54, 1.807) is 0 Å². The summed E-state index contributed by atoms with van der Waals surface area (Å²) in [5, 5.41) is 49.5. The largest absolute Gasteiger partial charge is 1.00 e. The average Bonchev–Trinajstić information content (AvgIpc) is 3.24. The average molecular weight is 1130 g/mol. The van der Waals surface area contributed by atoms with E-state index in [2.05, 4.69) is 125 Å². The van der Waals surface area contributed by atoms with Gasteiger partial charge in [-0.2, -0.15) is 46.3 Å². The molecule has 0 heterocycles. The van der Waals surface area contributed by atoms with Crippen LogP contribution in [0.3, 0.4) is 0 Å². The van der Waals surface area contributed by atoms with Gasteiger partial charge < -0.3 is 42.3 Å². The molecule has 0 rings (SSSR count). The fourth-order valence-electron chi connectivity index (χ4n) is 1.84. The molecule has 63 heavy (non-hydrogen) atoms. The fraction of sp³-hybridized carbons (Fsp3) is 1.00. The molecule has 0 aliphatic heterocycles. The molecular formula is C36H108F9N9S9. The Bertz CT molecular complexity index is 420. The second-order valence-corrected chi connectivity index (χ2v) is 30.1. The molecule has 0 aromatic carbocycles. The third kappa shape index (κ3) is 170. The first kappa shape index (κ1) is 121. The van der Waals surface area contributed by atoms with E-state index >= 15 is 0 Å². The van der Waals surface area contributed by atoms with Crippen LogP contribution in [0.4, 0.5) is 0 Å².